The van der Waals surface area contributed by atoms with E-state index in [0.717, 1.165) is 13.0 Å². The number of hydrogen-bond donors (Lipinski definition) is 1. The summed E-state index contributed by atoms with van der Waals surface area (Å²) in [7, 11) is 0. The first-order valence-corrected chi connectivity index (χ1v) is 5.96. The largest absolute Gasteiger partial charge is 0.384 e. The van der Waals surface area contributed by atoms with Crippen molar-refractivity contribution in [3.8, 4) is 0 Å². The van der Waals surface area contributed by atoms with Gasteiger partial charge in [-0.15, -0.1) is 0 Å². The van der Waals surface area contributed by atoms with E-state index < -0.39 is 0 Å². The average molecular weight is 226 g/mol. The summed E-state index contributed by atoms with van der Waals surface area (Å²) in [5.41, 5.74) is 5.16. The van der Waals surface area contributed by atoms with Gasteiger partial charge < -0.3 is 5.32 Å². The zero-order valence-corrected chi connectivity index (χ0v) is 10.4. The molecule has 88 valence electrons. The maximum atomic E-state index is 4.02. The van der Waals surface area contributed by atoms with Crippen LogP contribution in [0.3, 0.4) is 0 Å². The number of rotatable bonds is 4. The molecule has 1 aromatic heterocycles. The lowest BCUT2D eigenvalue weighted by Crippen LogP contribution is -2.06. The lowest BCUT2D eigenvalue weighted by atomic mass is 10.1. The number of benzene rings is 1. The minimum absolute atomic E-state index is 0.952. The normalized spacial score (nSPS) is 10.2. The van der Waals surface area contributed by atoms with Crippen LogP contribution in [0.4, 0.5) is 5.69 Å². The fourth-order valence-electron chi connectivity index (χ4n) is 1.90. The summed E-state index contributed by atoms with van der Waals surface area (Å²) in [6, 6.07) is 10.6. The zero-order valence-electron chi connectivity index (χ0n) is 10.4. The Bertz CT molecular complexity index is 478. The number of aromatic nitrogens is 1. The molecule has 0 bridgehead atoms. The molecule has 0 atom stereocenters. The molecular weight excluding hydrogens is 208 g/mol. The van der Waals surface area contributed by atoms with Gasteiger partial charge >= 0.3 is 0 Å². The number of pyridine rings is 1. The Hall–Kier alpha value is -1.83. The molecule has 1 heterocycles. The molecule has 0 spiro atoms. The molecule has 0 saturated heterocycles. The third-order valence-corrected chi connectivity index (χ3v) is 2.86. The van der Waals surface area contributed by atoms with Crippen molar-refractivity contribution < 1.29 is 0 Å². The van der Waals surface area contributed by atoms with Crippen molar-refractivity contribution in [2.24, 2.45) is 0 Å². The number of nitrogens with one attached hydrogen (secondary N) is 1. The Morgan fingerprint density at radius 1 is 1.06 bits per heavy atom. The zero-order chi connectivity index (χ0) is 12.1. The van der Waals surface area contributed by atoms with Crippen LogP contribution in [-0.4, -0.2) is 11.5 Å². The van der Waals surface area contributed by atoms with Gasteiger partial charge in [-0.25, -0.2) is 0 Å². The minimum atomic E-state index is 0.952. The molecule has 2 rings (SSSR count). The molecule has 2 aromatic rings. The van der Waals surface area contributed by atoms with Gasteiger partial charge in [0.15, 0.2) is 0 Å². The summed E-state index contributed by atoms with van der Waals surface area (Å²) in [5, 5.41) is 3.47. The van der Waals surface area contributed by atoms with Crippen LogP contribution in [-0.2, 0) is 6.42 Å². The van der Waals surface area contributed by atoms with Crippen molar-refractivity contribution in [1.29, 1.82) is 0 Å². The van der Waals surface area contributed by atoms with Gasteiger partial charge in [-0.1, -0.05) is 17.7 Å². The van der Waals surface area contributed by atoms with Crippen molar-refractivity contribution in [3.05, 3.63) is 59.4 Å². The highest BCUT2D eigenvalue weighted by atomic mass is 14.9. The van der Waals surface area contributed by atoms with E-state index in [4.69, 9.17) is 0 Å². The first-order chi connectivity index (χ1) is 8.25. The number of aryl methyl sites for hydroxylation is 2. The topological polar surface area (TPSA) is 24.9 Å². The molecule has 2 heteroatoms. The summed E-state index contributed by atoms with van der Waals surface area (Å²) in [6.45, 7) is 5.21. The van der Waals surface area contributed by atoms with Gasteiger partial charge in [-0.3, -0.25) is 4.98 Å². The quantitative estimate of drug-likeness (QED) is 0.864. The van der Waals surface area contributed by atoms with Gasteiger partial charge in [0.05, 0.1) is 0 Å². The Morgan fingerprint density at radius 2 is 1.82 bits per heavy atom. The van der Waals surface area contributed by atoms with Gasteiger partial charge in [-0.05, 0) is 49.6 Å². The van der Waals surface area contributed by atoms with Crippen LogP contribution in [0.5, 0.6) is 0 Å². The van der Waals surface area contributed by atoms with Gasteiger partial charge in [-0.2, -0.15) is 0 Å². The predicted octanol–water partition coefficient (Wildman–Crippen LogP) is 3.35. The van der Waals surface area contributed by atoms with Crippen molar-refractivity contribution in [2.75, 3.05) is 11.9 Å². The van der Waals surface area contributed by atoms with E-state index in [0.29, 0.717) is 0 Å². The molecule has 0 aliphatic heterocycles. The Balaban J connectivity index is 1.90. The van der Waals surface area contributed by atoms with Crippen LogP contribution in [0.25, 0.3) is 0 Å². The van der Waals surface area contributed by atoms with Crippen LogP contribution < -0.4 is 5.32 Å². The maximum Gasteiger partial charge on any atom is 0.0370 e. The smallest absolute Gasteiger partial charge is 0.0370 e. The molecule has 0 saturated carbocycles. The molecule has 0 aliphatic carbocycles. The molecule has 1 aromatic carbocycles. The van der Waals surface area contributed by atoms with Crippen LogP contribution >= 0.6 is 0 Å². The lowest BCUT2D eigenvalue weighted by Gasteiger charge is -2.10. The molecular formula is C15H18N2. The highest BCUT2D eigenvalue weighted by Gasteiger charge is 1.97. The molecule has 0 radical (unpaired) electrons. The second-order valence-corrected chi connectivity index (χ2v) is 4.35. The van der Waals surface area contributed by atoms with Crippen LogP contribution in [0.15, 0.2) is 42.7 Å². The van der Waals surface area contributed by atoms with Crippen molar-refractivity contribution in [3.63, 3.8) is 0 Å². The van der Waals surface area contributed by atoms with Gasteiger partial charge in [0, 0.05) is 24.6 Å². The minimum Gasteiger partial charge on any atom is -0.384 e. The Kier molecular flexibility index (Phi) is 3.76. The van der Waals surface area contributed by atoms with E-state index in [1.54, 1.807) is 0 Å². The summed E-state index contributed by atoms with van der Waals surface area (Å²) in [5.74, 6) is 0. The van der Waals surface area contributed by atoms with Crippen molar-refractivity contribution in [2.45, 2.75) is 20.3 Å². The first-order valence-electron chi connectivity index (χ1n) is 5.96. The standard InChI is InChI=1S/C15H18N2/c1-12-3-4-15(13(2)11-12)17-10-7-14-5-8-16-9-6-14/h3-6,8-9,11,17H,7,10H2,1-2H3. The SMILES string of the molecule is Cc1ccc(NCCc2ccncc2)c(C)c1. The van der Waals surface area contributed by atoms with Gasteiger partial charge in [0.1, 0.15) is 0 Å². The highest BCUT2D eigenvalue weighted by Crippen LogP contribution is 2.15. The van der Waals surface area contributed by atoms with Gasteiger partial charge in [0.2, 0.25) is 0 Å². The average Bonchev–Trinajstić information content (AvgIpc) is 2.33. The van der Waals surface area contributed by atoms with Gasteiger partial charge in [0.25, 0.3) is 0 Å². The Morgan fingerprint density at radius 3 is 2.53 bits per heavy atom. The lowest BCUT2D eigenvalue weighted by molar-refractivity contribution is 1.01. The summed E-state index contributed by atoms with van der Waals surface area (Å²) in [6.07, 6.45) is 4.70. The molecule has 0 amide bonds. The summed E-state index contributed by atoms with van der Waals surface area (Å²) < 4.78 is 0. The fourth-order valence-corrected chi connectivity index (χ4v) is 1.90. The van der Waals surface area contributed by atoms with Crippen molar-refractivity contribution >= 4 is 5.69 Å². The van der Waals surface area contributed by atoms with E-state index in [2.05, 4.69) is 54.5 Å². The monoisotopic (exact) mass is 226 g/mol. The van der Waals surface area contributed by atoms with E-state index >= 15 is 0 Å². The molecule has 0 fully saturated rings. The third kappa shape index (κ3) is 3.31. The molecule has 0 aliphatic rings. The fraction of sp³-hybridized carbons (Fsp3) is 0.267. The number of anilines is 1. The van der Waals surface area contributed by atoms with Crippen molar-refractivity contribution in [1.82, 2.24) is 4.98 Å². The van der Waals surface area contributed by atoms with E-state index in [1.165, 1.54) is 22.4 Å². The van der Waals surface area contributed by atoms with E-state index in [1.807, 2.05) is 12.4 Å². The van der Waals surface area contributed by atoms with Crippen LogP contribution in [0, 0.1) is 13.8 Å². The summed E-state index contributed by atoms with van der Waals surface area (Å²) >= 11 is 0. The summed E-state index contributed by atoms with van der Waals surface area (Å²) in [4.78, 5) is 4.02. The molecule has 0 unspecified atom stereocenters. The number of hydrogen-bond acceptors (Lipinski definition) is 2. The number of nitrogens with zero attached hydrogens (tertiary/aromatic N) is 1. The molecule has 2 nitrogen and oxygen atoms in total. The third-order valence-electron chi connectivity index (χ3n) is 2.86. The molecule has 17 heavy (non-hydrogen) atoms. The second-order valence-electron chi connectivity index (χ2n) is 4.35. The second kappa shape index (κ2) is 5.48. The van der Waals surface area contributed by atoms with Crippen LogP contribution in [0.1, 0.15) is 16.7 Å². The predicted molar refractivity (Wildman–Crippen MR) is 72.3 cm³/mol. The van der Waals surface area contributed by atoms with E-state index in [9.17, 15) is 0 Å². The Labute approximate surface area is 103 Å². The molecule has 1 N–H and O–H groups in total. The maximum absolute atomic E-state index is 4.02. The van der Waals surface area contributed by atoms with E-state index in [-0.39, 0.29) is 0 Å². The van der Waals surface area contributed by atoms with Crippen LogP contribution in [0.2, 0.25) is 0 Å². The first kappa shape index (κ1) is 11.6. The highest BCUT2D eigenvalue weighted by molar-refractivity contribution is 5.51.